The monoisotopic (exact) mass is 359 g/mol. The van der Waals surface area contributed by atoms with Crippen LogP contribution in [0, 0.1) is 13.8 Å². The minimum atomic E-state index is -0.557. The van der Waals surface area contributed by atoms with Crippen LogP contribution >= 0.6 is 0 Å². The molecule has 3 rings (SSSR count). The van der Waals surface area contributed by atoms with E-state index in [1.807, 2.05) is 74.5 Å². The number of esters is 1. The minimum absolute atomic E-state index is 0.327. The summed E-state index contributed by atoms with van der Waals surface area (Å²) < 4.78 is 5.04. The zero-order chi connectivity index (χ0) is 19.2. The topological polar surface area (TPSA) is 55.4 Å². The summed E-state index contributed by atoms with van der Waals surface area (Å²) >= 11 is 0. The Morgan fingerprint density at radius 2 is 1.78 bits per heavy atom. The van der Waals surface area contributed by atoms with E-state index in [-0.39, 0.29) is 12.5 Å². The zero-order valence-electron chi connectivity index (χ0n) is 15.4. The number of hydrogen-bond donors (Lipinski definition) is 1. The number of hydrogen-bond acceptors (Lipinski definition) is 3. The molecular formula is C23H21NO3. The fourth-order valence-electron chi connectivity index (χ4n) is 2.88. The zero-order valence-corrected chi connectivity index (χ0v) is 15.4. The Morgan fingerprint density at radius 3 is 2.59 bits per heavy atom. The molecule has 0 spiro atoms. The van der Waals surface area contributed by atoms with Gasteiger partial charge in [-0.15, -0.1) is 0 Å². The quantitative estimate of drug-likeness (QED) is 0.533. The van der Waals surface area contributed by atoms with Crippen molar-refractivity contribution >= 4 is 34.4 Å². The normalized spacial score (nSPS) is 10.9. The summed E-state index contributed by atoms with van der Waals surface area (Å²) in [5, 5.41) is 4.90. The van der Waals surface area contributed by atoms with Gasteiger partial charge in [0, 0.05) is 11.8 Å². The Balaban J connectivity index is 1.57. The van der Waals surface area contributed by atoms with Crippen LogP contribution in [-0.4, -0.2) is 18.5 Å². The summed E-state index contributed by atoms with van der Waals surface area (Å²) in [6, 6.07) is 19.6. The second-order valence-corrected chi connectivity index (χ2v) is 6.38. The maximum Gasteiger partial charge on any atom is 0.331 e. The molecule has 0 heterocycles. The molecule has 3 aromatic rings. The van der Waals surface area contributed by atoms with Crippen LogP contribution in [-0.2, 0) is 14.3 Å². The Morgan fingerprint density at radius 1 is 1.00 bits per heavy atom. The van der Waals surface area contributed by atoms with E-state index in [2.05, 4.69) is 5.32 Å². The fraction of sp³-hybridized carbons (Fsp3) is 0.130. The molecule has 0 radical (unpaired) electrons. The maximum absolute atomic E-state index is 12.0. The van der Waals surface area contributed by atoms with Gasteiger partial charge in [-0.3, -0.25) is 4.79 Å². The number of anilines is 1. The van der Waals surface area contributed by atoms with Gasteiger partial charge in [-0.05, 0) is 47.9 Å². The van der Waals surface area contributed by atoms with Gasteiger partial charge in [-0.2, -0.15) is 0 Å². The van der Waals surface area contributed by atoms with Crippen LogP contribution in [0.4, 0.5) is 5.69 Å². The predicted octanol–water partition coefficient (Wildman–Crippen LogP) is 4.65. The molecular weight excluding hydrogens is 338 g/mol. The van der Waals surface area contributed by atoms with Crippen molar-refractivity contribution in [3.8, 4) is 0 Å². The van der Waals surface area contributed by atoms with E-state index in [1.165, 1.54) is 6.08 Å². The fourth-order valence-corrected chi connectivity index (χ4v) is 2.88. The number of carbonyl (C=O) groups excluding carboxylic acids is 2. The van der Waals surface area contributed by atoms with E-state index in [4.69, 9.17) is 4.74 Å². The first-order valence-electron chi connectivity index (χ1n) is 8.72. The molecule has 0 aliphatic rings. The van der Waals surface area contributed by atoms with Crippen molar-refractivity contribution in [2.45, 2.75) is 13.8 Å². The highest BCUT2D eigenvalue weighted by atomic mass is 16.5. The first kappa shape index (κ1) is 18.4. The molecule has 0 aliphatic heterocycles. The van der Waals surface area contributed by atoms with Crippen molar-refractivity contribution < 1.29 is 14.3 Å². The van der Waals surface area contributed by atoms with Crippen LogP contribution in [0.2, 0.25) is 0 Å². The summed E-state index contributed by atoms with van der Waals surface area (Å²) in [6.07, 6.45) is 3.04. The van der Waals surface area contributed by atoms with E-state index < -0.39 is 5.97 Å². The van der Waals surface area contributed by atoms with Crippen LogP contribution in [0.25, 0.3) is 16.8 Å². The molecule has 4 heteroatoms. The number of amides is 1. The van der Waals surface area contributed by atoms with Crippen molar-refractivity contribution in [1.82, 2.24) is 0 Å². The molecule has 0 fully saturated rings. The molecule has 136 valence electrons. The molecule has 0 aromatic heterocycles. The summed E-state index contributed by atoms with van der Waals surface area (Å²) in [4.78, 5) is 23.9. The lowest BCUT2D eigenvalue weighted by Gasteiger charge is -2.09. The van der Waals surface area contributed by atoms with Gasteiger partial charge >= 0.3 is 5.97 Å². The second kappa shape index (κ2) is 8.32. The molecule has 1 amide bonds. The van der Waals surface area contributed by atoms with Crippen molar-refractivity contribution in [1.29, 1.82) is 0 Å². The smallest absolute Gasteiger partial charge is 0.331 e. The molecule has 3 aromatic carbocycles. The summed E-state index contributed by atoms with van der Waals surface area (Å²) in [5.41, 5.74) is 3.72. The lowest BCUT2D eigenvalue weighted by molar-refractivity contribution is -0.142. The number of ether oxygens (including phenoxy) is 1. The largest absolute Gasteiger partial charge is 0.452 e. The van der Waals surface area contributed by atoms with Crippen LogP contribution in [0.15, 0.2) is 66.7 Å². The third-order valence-electron chi connectivity index (χ3n) is 4.22. The van der Waals surface area contributed by atoms with Gasteiger partial charge in [-0.25, -0.2) is 4.79 Å². The first-order valence-corrected chi connectivity index (χ1v) is 8.72. The molecule has 0 saturated carbocycles. The highest BCUT2D eigenvalue weighted by Crippen LogP contribution is 2.19. The predicted molar refractivity (Wildman–Crippen MR) is 108 cm³/mol. The number of carbonyl (C=O) groups is 2. The van der Waals surface area contributed by atoms with Gasteiger partial charge in [0.05, 0.1) is 0 Å². The van der Waals surface area contributed by atoms with E-state index in [0.29, 0.717) is 5.69 Å². The van der Waals surface area contributed by atoms with Crippen molar-refractivity contribution in [2.75, 3.05) is 11.9 Å². The third-order valence-corrected chi connectivity index (χ3v) is 4.22. The average molecular weight is 359 g/mol. The lowest BCUT2D eigenvalue weighted by atomic mass is 10.0. The van der Waals surface area contributed by atoms with E-state index in [1.54, 1.807) is 6.08 Å². The highest BCUT2D eigenvalue weighted by molar-refractivity contribution is 5.97. The third kappa shape index (κ3) is 4.82. The van der Waals surface area contributed by atoms with Gasteiger partial charge in [0.1, 0.15) is 0 Å². The van der Waals surface area contributed by atoms with Crippen molar-refractivity contribution in [2.24, 2.45) is 0 Å². The number of benzene rings is 3. The van der Waals surface area contributed by atoms with Crippen LogP contribution in [0.1, 0.15) is 16.7 Å². The standard InChI is InChI=1S/C23H21NO3/c1-16-10-12-21(17(2)14-16)24-22(25)15-27-23(26)13-11-19-8-5-7-18-6-3-4-9-20(18)19/h3-14H,15H2,1-2H3,(H,24,25). The van der Waals surface area contributed by atoms with E-state index in [0.717, 1.165) is 27.5 Å². The summed E-state index contributed by atoms with van der Waals surface area (Å²) in [7, 11) is 0. The summed E-state index contributed by atoms with van der Waals surface area (Å²) in [6.45, 7) is 3.58. The van der Waals surface area contributed by atoms with Crippen LogP contribution in [0.5, 0.6) is 0 Å². The Bertz CT molecular complexity index is 1020. The van der Waals surface area contributed by atoms with Gasteiger partial charge in [0.2, 0.25) is 0 Å². The number of aryl methyl sites for hydroxylation is 2. The minimum Gasteiger partial charge on any atom is -0.452 e. The molecule has 27 heavy (non-hydrogen) atoms. The Kier molecular flexibility index (Phi) is 5.67. The number of nitrogens with one attached hydrogen (secondary N) is 1. The lowest BCUT2D eigenvalue weighted by Crippen LogP contribution is -2.20. The SMILES string of the molecule is Cc1ccc(NC(=O)COC(=O)C=Cc2cccc3ccccc23)c(C)c1. The van der Waals surface area contributed by atoms with Crippen molar-refractivity contribution in [3.05, 3.63) is 83.4 Å². The molecule has 0 aliphatic carbocycles. The summed E-state index contributed by atoms with van der Waals surface area (Å²) in [5.74, 6) is -0.924. The van der Waals surface area contributed by atoms with Crippen molar-refractivity contribution in [3.63, 3.8) is 0 Å². The molecule has 0 unspecified atom stereocenters. The van der Waals surface area contributed by atoms with E-state index in [9.17, 15) is 9.59 Å². The average Bonchev–Trinajstić information content (AvgIpc) is 2.67. The van der Waals surface area contributed by atoms with Gasteiger partial charge in [0.25, 0.3) is 5.91 Å². The van der Waals surface area contributed by atoms with Crippen LogP contribution in [0.3, 0.4) is 0 Å². The molecule has 1 N–H and O–H groups in total. The highest BCUT2D eigenvalue weighted by Gasteiger charge is 2.07. The Hall–Kier alpha value is -3.40. The molecule has 0 saturated heterocycles. The number of fused-ring (bicyclic) bond motifs is 1. The maximum atomic E-state index is 12.0. The molecule has 0 bridgehead atoms. The van der Waals surface area contributed by atoms with Gasteiger partial charge in [0.15, 0.2) is 6.61 Å². The van der Waals surface area contributed by atoms with Crippen LogP contribution < -0.4 is 5.32 Å². The van der Waals surface area contributed by atoms with E-state index >= 15 is 0 Å². The van der Waals surface area contributed by atoms with Gasteiger partial charge < -0.3 is 10.1 Å². The Labute approximate surface area is 158 Å². The van der Waals surface area contributed by atoms with Gasteiger partial charge in [-0.1, -0.05) is 60.2 Å². The second-order valence-electron chi connectivity index (χ2n) is 6.38. The molecule has 4 nitrogen and oxygen atoms in total. The molecule has 0 atom stereocenters. The number of rotatable bonds is 5. The first-order chi connectivity index (χ1) is 13.0.